The number of rotatable bonds is 5. The smallest absolute Gasteiger partial charge is 0.250 e. The van der Waals surface area contributed by atoms with Crippen molar-refractivity contribution < 1.29 is 0 Å². The SMILES string of the molecule is CCCCNc1c(-c2ccc(Br)cc2)c(=O)c1=O. The first kappa shape index (κ1) is 13.0. The van der Waals surface area contributed by atoms with Crippen molar-refractivity contribution in [1.29, 1.82) is 0 Å². The van der Waals surface area contributed by atoms with Gasteiger partial charge in [0, 0.05) is 11.0 Å². The van der Waals surface area contributed by atoms with E-state index in [4.69, 9.17) is 0 Å². The number of nitrogens with one attached hydrogen (secondary N) is 1. The second-order valence-electron chi connectivity index (χ2n) is 4.20. The number of hydrogen-bond donors (Lipinski definition) is 1. The summed E-state index contributed by atoms with van der Waals surface area (Å²) < 4.78 is 0.949. The molecule has 2 aromatic carbocycles. The first-order chi connectivity index (χ1) is 8.65. The maximum atomic E-state index is 11.6. The minimum Gasteiger partial charge on any atom is -0.381 e. The van der Waals surface area contributed by atoms with Crippen molar-refractivity contribution in [1.82, 2.24) is 0 Å². The molecule has 0 saturated heterocycles. The lowest BCUT2D eigenvalue weighted by molar-refractivity contribution is 0.833. The molecule has 2 aromatic rings. The fourth-order valence-electron chi connectivity index (χ4n) is 1.84. The number of unbranched alkanes of at least 4 members (excludes halogenated alkanes) is 1. The van der Waals surface area contributed by atoms with E-state index >= 15 is 0 Å². The Morgan fingerprint density at radius 2 is 1.78 bits per heavy atom. The number of hydrogen-bond acceptors (Lipinski definition) is 3. The van der Waals surface area contributed by atoms with E-state index in [1.165, 1.54) is 0 Å². The topological polar surface area (TPSA) is 46.2 Å². The fourth-order valence-corrected chi connectivity index (χ4v) is 2.11. The standard InChI is InChI=1S/C14H14BrNO2/c1-2-3-8-16-12-11(13(17)14(12)18)9-4-6-10(15)7-5-9/h4-7,16H,2-3,8H2,1H3. The van der Waals surface area contributed by atoms with Gasteiger partial charge < -0.3 is 5.32 Å². The zero-order chi connectivity index (χ0) is 13.1. The van der Waals surface area contributed by atoms with Gasteiger partial charge in [0.1, 0.15) is 0 Å². The second-order valence-corrected chi connectivity index (χ2v) is 5.11. The molecule has 0 aromatic heterocycles. The van der Waals surface area contributed by atoms with Crippen LogP contribution in [0.25, 0.3) is 11.1 Å². The minimum atomic E-state index is -0.399. The van der Waals surface area contributed by atoms with Gasteiger partial charge in [0.15, 0.2) is 0 Å². The van der Waals surface area contributed by atoms with E-state index in [-0.39, 0.29) is 0 Å². The molecule has 0 unspecified atom stereocenters. The van der Waals surface area contributed by atoms with Crippen molar-refractivity contribution in [3.05, 3.63) is 49.2 Å². The quantitative estimate of drug-likeness (QED) is 0.682. The molecule has 0 bridgehead atoms. The van der Waals surface area contributed by atoms with E-state index in [0.29, 0.717) is 11.3 Å². The lowest BCUT2D eigenvalue weighted by Gasteiger charge is -2.13. The van der Waals surface area contributed by atoms with Crippen molar-refractivity contribution >= 4 is 21.6 Å². The lowest BCUT2D eigenvalue weighted by atomic mass is 9.98. The van der Waals surface area contributed by atoms with Crippen LogP contribution in [0.1, 0.15) is 19.8 Å². The molecular weight excluding hydrogens is 294 g/mol. The molecule has 0 fully saturated rings. The van der Waals surface area contributed by atoms with Gasteiger partial charge in [0.05, 0.1) is 11.3 Å². The Bertz CT molecular complexity index is 610. The van der Waals surface area contributed by atoms with E-state index in [2.05, 4.69) is 28.2 Å². The zero-order valence-corrected chi connectivity index (χ0v) is 11.7. The maximum absolute atomic E-state index is 11.6. The van der Waals surface area contributed by atoms with E-state index in [9.17, 15) is 9.59 Å². The Morgan fingerprint density at radius 1 is 1.11 bits per heavy atom. The first-order valence-corrected chi connectivity index (χ1v) is 6.77. The van der Waals surface area contributed by atoms with E-state index in [0.717, 1.165) is 29.4 Å². The monoisotopic (exact) mass is 307 g/mol. The molecule has 94 valence electrons. The molecule has 0 radical (unpaired) electrons. The highest BCUT2D eigenvalue weighted by atomic mass is 79.9. The van der Waals surface area contributed by atoms with Gasteiger partial charge in [-0.2, -0.15) is 0 Å². The number of anilines is 1. The van der Waals surface area contributed by atoms with Crippen LogP contribution < -0.4 is 16.2 Å². The van der Waals surface area contributed by atoms with Crippen molar-refractivity contribution in [3.63, 3.8) is 0 Å². The normalized spacial score (nSPS) is 10.8. The molecule has 0 aliphatic rings. The van der Waals surface area contributed by atoms with Crippen LogP contribution in [0.5, 0.6) is 0 Å². The van der Waals surface area contributed by atoms with Crippen molar-refractivity contribution in [2.24, 2.45) is 0 Å². The Morgan fingerprint density at radius 3 is 2.39 bits per heavy atom. The van der Waals surface area contributed by atoms with Gasteiger partial charge in [-0.1, -0.05) is 41.4 Å². The average molecular weight is 308 g/mol. The molecule has 0 saturated carbocycles. The molecule has 0 amide bonds. The predicted octanol–water partition coefficient (Wildman–Crippen LogP) is 2.92. The summed E-state index contributed by atoms with van der Waals surface area (Å²) in [5, 5.41) is 3.06. The Balaban J connectivity index is 2.28. The van der Waals surface area contributed by atoms with Gasteiger partial charge >= 0.3 is 0 Å². The Hall–Kier alpha value is -1.42. The highest BCUT2D eigenvalue weighted by molar-refractivity contribution is 9.10. The molecule has 0 aliphatic carbocycles. The van der Waals surface area contributed by atoms with Gasteiger partial charge in [-0.15, -0.1) is 0 Å². The van der Waals surface area contributed by atoms with Crippen LogP contribution in [0.4, 0.5) is 5.69 Å². The Labute approximate surface area is 114 Å². The molecule has 2 rings (SSSR count). The van der Waals surface area contributed by atoms with Gasteiger partial charge in [0.25, 0.3) is 0 Å². The van der Waals surface area contributed by atoms with E-state index < -0.39 is 10.9 Å². The van der Waals surface area contributed by atoms with Crippen LogP contribution in [0, 0.1) is 0 Å². The molecular formula is C14H14BrNO2. The van der Waals surface area contributed by atoms with Crippen LogP contribution in [0.15, 0.2) is 38.3 Å². The van der Waals surface area contributed by atoms with Crippen molar-refractivity contribution in [3.8, 4) is 11.1 Å². The summed E-state index contributed by atoms with van der Waals surface area (Å²) in [4.78, 5) is 23.2. The summed E-state index contributed by atoms with van der Waals surface area (Å²) in [5.41, 5.74) is 0.988. The third-order valence-corrected chi connectivity index (χ3v) is 3.40. The van der Waals surface area contributed by atoms with Crippen LogP contribution >= 0.6 is 15.9 Å². The third-order valence-electron chi connectivity index (χ3n) is 2.88. The summed E-state index contributed by atoms with van der Waals surface area (Å²) in [5.74, 6) is 0. The molecule has 0 aliphatic heterocycles. The van der Waals surface area contributed by atoms with Crippen molar-refractivity contribution in [2.45, 2.75) is 19.8 Å². The summed E-state index contributed by atoms with van der Waals surface area (Å²) in [6.45, 7) is 2.81. The molecule has 0 atom stereocenters. The first-order valence-electron chi connectivity index (χ1n) is 5.98. The van der Waals surface area contributed by atoms with E-state index in [1.807, 2.05) is 24.3 Å². The highest BCUT2D eigenvalue weighted by Crippen LogP contribution is 2.25. The van der Waals surface area contributed by atoms with Gasteiger partial charge in [-0.25, -0.2) is 0 Å². The number of halogens is 1. The van der Waals surface area contributed by atoms with Crippen LogP contribution in [0.3, 0.4) is 0 Å². The van der Waals surface area contributed by atoms with Crippen LogP contribution in [-0.4, -0.2) is 6.54 Å². The van der Waals surface area contributed by atoms with Crippen LogP contribution in [0.2, 0.25) is 0 Å². The van der Waals surface area contributed by atoms with Crippen molar-refractivity contribution in [2.75, 3.05) is 11.9 Å². The largest absolute Gasteiger partial charge is 0.381 e. The molecule has 0 spiro atoms. The summed E-state index contributed by atoms with van der Waals surface area (Å²) in [7, 11) is 0. The third kappa shape index (κ3) is 2.38. The summed E-state index contributed by atoms with van der Waals surface area (Å²) in [6.07, 6.45) is 2.04. The van der Waals surface area contributed by atoms with Gasteiger partial charge in [-0.05, 0) is 24.1 Å². The fraction of sp³-hybridized carbons (Fsp3) is 0.286. The summed E-state index contributed by atoms with van der Waals surface area (Å²) in [6, 6.07) is 7.40. The predicted molar refractivity (Wildman–Crippen MR) is 77.9 cm³/mol. The van der Waals surface area contributed by atoms with Gasteiger partial charge in [-0.3, -0.25) is 9.59 Å². The lowest BCUT2D eigenvalue weighted by Crippen LogP contribution is -2.36. The van der Waals surface area contributed by atoms with E-state index in [1.54, 1.807) is 0 Å². The number of benzene rings is 1. The Kier molecular flexibility index (Phi) is 3.97. The molecule has 1 N–H and O–H groups in total. The molecule has 4 heteroatoms. The summed E-state index contributed by atoms with van der Waals surface area (Å²) >= 11 is 3.34. The van der Waals surface area contributed by atoms with Crippen LogP contribution in [-0.2, 0) is 0 Å². The zero-order valence-electron chi connectivity index (χ0n) is 10.1. The molecule has 18 heavy (non-hydrogen) atoms. The van der Waals surface area contributed by atoms with Gasteiger partial charge in [0.2, 0.25) is 10.9 Å². The highest BCUT2D eigenvalue weighted by Gasteiger charge is 2.21. The average Bonchev–Trinajstić information content (AvgIpc) is 2.39. The second kappa shape index (κ2) is 5.48. The molecule has 3 nitrogen and oxygen atoms in total. The molecule has 0 heterocycles. The maximum Gasteiger partial charge on any atom is 0.250 e. The minimum absolute atomic E-state index is 0.392.